The molecule has 0 fully saturated rings. The Kier molecular flexibility index (Phi) is 3.05. The molecule has 1 aromatic rings. The van der Waals surface area contributed by atoms with Crippen molar-refractivity contribution in [1.82, 2.24) is 10.3 Å². The average Bonchev–Trinajstić information content (AvgIpc) is 2.08. The van der Waals surface area contributed by atoms with E-state index in [0.717, 1.165) is 10.0 Å². The van der Waals surface area contributed by atoms with Crippen LogP contribution in [0, 0.1) is 0 Å². The van der Waals surface area contributed by atoms with Gasteiger partial charge in [-0.25, -0.2) is 4.98 Å². The maximum atomic E-state index is 5.56. The fourth-order valence-corrected chi connectivity index (χ4v) is 1.52. The number of nitrogen functional groups attached to an aromatic ring is 1. The van der Waals surface area contributed by atoms with Crippen molar-refractivity contribution < 1.29 is 0 Å². The number of pyridine rings is 1. The lowest BCUT2D eigenvalue weighted by molar-refractivity contribution is 0.649. The van der Waals surface area contributed by atoms with Crippen molar-refractivity contribution in [2.24, 2.45) is 0 Å². The molecule has 0 spiro atoms. The fourth-order valence-electron chi connectivity index (χ4n) is 0.959. The summed E-state index contributed by atoms with van der Waals surface area (Å²) in [6.45, 7) is 2.07. The van der Waals surface area contributed by atoms with Crippen LogP contribution in [0.1, 0.15) is 18.5 Å². The summed E-state index contributed by atoms with van der Waals surface area (Å²) >= 11 is 3.41. The van der Waals surface area contributed by atoms with Crippen LogP contribution in [0.3, 0.4) is 0 Å². The standard InChI is InChI=1S/C8H12BrN3/c1-5(11-2)6-3-8(10)12-4-7(6)9/h3-5,11H,1-2H3,(H2,10,12)/t5-/m1/s1. The van der Waals surface area contributed by atoms with E-state index in [4.69, 9.17) is 5.73 Å². The van der Waals surface area contributed by atoms with Crippen LogP contribution in [0.4, 0.5) is 5.82 Å². The molecule has 0 bridgehead atoms. The van der Waals surface area contributed by atoms with E-state index in [1.54, 1.807) is 6.20 Å². The van der Waals surface area contributed by atoms with E-state index in [2.05, 4.69) is 33.2 Å². The van der Waals surface area contributed by atoms with E-state index in [0.29, 0.717) is 5.82 Å². The molecule has 0 saturated carbocycles. The van der Waals surface area contributed by atoms with E-state index < -0.39 is 0 Å². The van der Waals surface area contributed by atoms with Gasteiger partial charge in [-0.1, -0.05) is 0 Å². The number of aromatic nitrogens is 1. The minimum atomic E-state index is 0.282. The SMILES string of the molecule is CN[C@H](C)c1cc(N)ncc1Br. The van der Waals surface area contributed by atoms with Gasteiger partial charge in [-0.2, -0.15) is 0 Å². The molecule has 12 heavy (non-hydrogen) atoms. The molecule has 1 aromatic heterocycles. The van der Waals surface area contributed by atoms with E-state index in [-0.39, 0.29) is 6.04 Å². The smallest absolute Gasteiger partial charge is 0.123 e. The number of nitrogens with zero attached hydrogens (tertiary/aromatic N) is 1. The summed E-state index contributed by atoms with van der Waals surface area (Å²) in [5.41, 5.74) is 6.69. The molecule has 0 aliphatic rings. The second kappa shape index (κ2) is 3.87. The normalized spacial score (nSPS) is 12.9. The van der Waals surface area contributed by atoms with Crippen molar-refractivity contribution in [3.8, 4) is 0 Å². The molecule has 0 unspecified atom stereocenters. The summed E-state index contributed by atoms with van der Waals surface area (Å²) in [4.78, 5) is 3.96. The molecule has 0 aliphatic heterocycles. The Balaban J connectivity index is 3.04. The Bertz CT molecular complexity index is 275. The molecule has 0 amide bonds. The van der Waals surface area contributed by atoms with Crippen molar-refractivity contribution in [2.75, 3.05) is 12.8 Å². The molecule has 66 valence electrons. The Morgan fingerprint density at radius 3 is 2.92 bits per heavy atom. The summed E-state index contributed by atoms with van der Waals surface area (Å²) in [7, 11) is 1.91. The largest absolute Gasteiger partial charge is 0.384 e. The molecule has 3 nitrogen and oxygen atoms in total. The second-order valence-electron chi connectivity index (χ2n) is 2.64. The summed E-state index contributed by atoms with van der Waals surface area (Å²) in [6.07, 6.45) is 1.72. The van der Waals surface area contributed by atoms with Gasteiger partial charge in [0.15, 0.2) is 0 Å². The number of hydrogen-bond donors (Lipinski definition) is 2. The summed E-state index contributed by atoms with van der Waals surface area (Å²) in [5, 5.41) is 3.14. The number of anilines is 1. The Hall–Kier alpha value is -0.610. The maximum Gasteiger partial charge on any atom is 0.123 e. The summed E-state index contributed by atoms with van der Waals surface area (Å²) in [6, 6.07) is 2.15. The van der Waals surface area contributed by atoms with Crippen LogP contribution in [0.2, 0.25) is 0 Å². The van der Waals surface area contributed by atoms with Crippen molar-refractivity contribution in [2.45, 2.75) is 13.0 Å². The highest BCUT2D eigenvalue weighted by Crippen LogP contribution is 2.23. The van der Waals surface area contributed by atoms with Gasteiger partial charge >= 0.3 is 0 Å². The number of rotatable bonds is 2. The van der Waals surface area contributed by atoms with Crippen LogP contribution in [-0.2, 0) is 0 Å². The molecular formula is C8H12BrN3. The molecule has 1 atom stereocenters. The molecule has 0 radical (unpaired) electrons. The van der Waals surface area contributed by atoms with Gasteiger partial charge in [0.2, 0.25) is 0 Å². The lowest BCUT2D eigenvalue weighted by Crippen LogP contribution is -2.13. The first-order chi connectivity index (χ1) is 5.65. The number of halogens is 1. The third kappa shape index (κ3) is 1.95. The van der Waals surface area contributed by atoms with Crippen LogP contribution < -0.4 is 11.1 Å². The third-order valence-corrected chi connectivity index (χ3v) is 2.47. The van der Waals surface area contributed by atoms with Gasteiger partial charge in [0, 0.05) is 16.7 Å². The summed E-state index contributed by atoms with van der Waals surface area (Å²) in [5.74, 6) is 0.551. The maximum absolute atomic E-state index is 5.56. The van der Waals surface area contributed by atoms with Crippen LogP contribution in [0.15, 0.2) is 16.7 Å². The van der Waals surface area contributed by atoms with Crippen LogP contribution in [-0.4, -0.2) is 12.0 Å². The quantitative estimate of drug-likeness (QED) is 0.813. The molecule has 3 N–H and O–H groups in total. The predicted octanol–water partition coefficient (Wildman–Crippen LogP) is 1.71. The molecule has 0 aliphatic carbocycles. The molecule has 4 heteroatoms. The number of nitrogens with one attached hydrogen (secondary N) is 1. The highest BCUT2D eigenvalue weighted by Gasteiger charge is 2.07. The van der Waals surface area contributed by atoms with Gasteiger partial charge in [-0.3, -0.25) is 0 Å². The zero-order valence-corrected chi connectivity index (χ0v) is 8.72. The molecular weight excluding hydrogens is 218 g/mol. The van der Waals surface area contributed by atoms with Crippen molar-refractivity contribution in [3.63, 3.8) is 0 Å². The van der Waals surface area contributed by atoms with E-state index >= 15 is 0 Å². The van der Waals surface area contributed by atoms with E-state index in [1.807, 2.05) is 13.1 Å². The monoisotopic (exact) mass is 229 g/mol. The second-order valence-corrected chi connectivity index (χ2v) is 3.50. The van der Waals surface area contributed by atoms with Gasteiger partial charge in [0.1, 0.15) is 5.82 Å². The van der Waals surface area contributed by atoms with Crippen molar-refractivity contribution in [3.05, 3.63) is 22.3 Å². The minimum Gasteiger partial charge on any atom is -0.384 e. The van der Waals surface area contributed by atoms with Crippen LogP contribution >= 0.6 is 15.9 Å². The first-order valence-electron chi connectivity index (χ1n) is 3.73. The van der Waals surface area contributed by atoms with Crippen molar-refractivity contribution in [1.29, 1.82) is 0 Å². The van der Waals surface area contributed by atoms with Gasteiger partial charge in [-0.15, -0.1) is 0 Å². The lowest BCUT2D eigenvalue weighted by atomic mass is 10.1. The third-order valence-electron chi connectivity index (χ3n) is 1.81. The zero-order valence-electron chi connectivity index (χ0n) is 7.13. The van der Waals surface area contributed by atoms with Crippen molar-refractivity contribution >= 4 is 21.7 Å². The molecule has 0 saturated heterocycles. The fraction of sp³-hybridized carbons (Fsp3) is 0.375. The average molecular weight is 230 g/mol. The van der Waals surface area contributed by atoms with Gasteiger partial charge in [-0.05, 0) is 41.5 Å². The van der Waals surface area contributed by atoms with Gasteiger partial charge in [0.05, 0.1) is 0 Å². The zero-order chi connectivity index (χ0) is 9.14. The van der Waals surface area contributed by atoms with E-state index in [1.165, 1.54) is 0 Å². The van der Waals surface area contributed by atoms with Crippen LogP contribution in [0.5, 0.6) is 0 Å². The first kappa shape index (κ1) is 9.48. The first-order valence-corrected chi connectivity index (χ1v) is 4.52. The molecule has 1 rings (SSSR count). The predicted molar refractivity (Wildman–Crippen MR) is 53.8 cm³/mol. The molecule has 0 aromatic carbocycles. The van der Waals surface area contributed by atoms with E-state index in [9.17, 15) is 0 Å². The lowest BCUT2D eigenvalue weighted by Gasteiger charge is -2.12. The Labute approximate surface area is 80.5 Å². The van der Waals surface area contributed by atoms with Gasteiger partial charge in [0.25, 0.3) is 0 Å². The summed E-state index contributed by atoms with van der Waals surface area (Å²) < 4.78 is 0.985. The minimum absolute atomic E-state index is 0.282. The Morgan fingerprint density at radius 1 is 1.67 bits per heavy atom. The van der Waals surface area contributed by atoms with Crippen LogP contribution in [0.25, 0.3) is 0 Å². The number of hydrogen-bond acceptors (Lipinski definition) is 3. The van der Waals surface area contributed by atoms with Gasteiger partial charge < -0.3 is 11.1 Å². The highest BCUT2D eigenvalue weighted by atomic mass is 79.9. The number of nitrogens with two attached hydrogens (primary N) is 1. The highest BCUT2D eigenvalue weighted by molar-refractivity contribution is 9.10. The Morgan fingerprint density at radius 2 is 2.33 bits per heavy atom. The topological polar surface area (TPSA) is 50.9 Å². The molecule has 1 heterocycles.